The van der Waals surface area contributed by atoms with Gasteiger partial charge in [0.25, 0.3) is 0 Å². The summed E-state index contributed by atoms with van der Waals surface area (Å²) in [5.41, 5.74) is 4.56. The van der Waals surface area contributed by atoms with Crippen molar-refractivity contribution in [2.75, 3.05) is 31.1 Å². The summed E-state index contributed by atoms with van der Waals surface area (Å²) in [5.74, 6) is 0. The van der Waals surface area contributed by atoms with Gasteiger partial charge in [-0.05, 0) is 37.3 Å². The van der Waals surface area contributed by atoms with Crippen molar-refractivity contribution in [2.24, 2.45) is 0 Å². The van der Waals surface area contributed by atoms with Crippen LogP contribution in [0, 0.1) is 6.92 Å². The Balaban J connectivity index is 1.44. The van der Waals surface area contributed by atoms with Crippen molar-refractivity contribution in [3.63, 3.8) is 0 Å². The highest BCUT2D eigenvalue weighted by atomic mass is 32.2. The third-order valence-electron chi connectivity index (χ3n) is 5.42. The summed E-state index contributed by atoms with van der Waals surface area (Å²) in [4.78, 5) is 11.1. The molecule has 2 atom stereocenters. The number of aryl methyl sites for hydroxylation is 1. The molecule has 146 valence electrons. The first kappa shape index (κ1) is 18.0. The summed E-state index contributed by atoms with van der Waals surface area (Å²) in [6.07, 6.45) is 1.66. The molecule has 2 aliphatic heterocycles. The number of ether oxygens (including phenoxy) is 1. The number of hydrogen-bond donors (Lipinski definition) is 0. The SMILES string of the molecule is Cc1cc(N2CCO[C@H]3CN(S(=O)(=O)c4ccc5ncsc5c4)C[C@@H]32)ccn1. The zero-order valence-corrected chi connectivity index (χ0v) is 17.0. The molecule has 4 heterocycles. The van der Waals surface area contributed by atoms with Crippen molar-refractivity contribution < 1.29 is 13.2 Å². The van der Waals surface area contributed by atoms with Crippen LogP contribution in [-0.4, -0.2) is 61.1 Å². The molecule has 9 heteroatoms. The quantitative estimate of drug-likeness (QED) is 0.652. The summed E-state index contributed by atoms with van der Waals surface area (Å²) in [7, 11) is -3.59. The highest BCUT2D eigenvalue weighted by Crippen LogP contribution is 2.32. The van der Waals surface area contributed by atoms with Gasteiger partial charge < -0.3 is 9.64 Å². The monoisotopic (exact) mass is 416 g/mol. The lowest BCUT2D eigenvalue weighted by molar-refractivity contribution is 0.0331. The Morgan fingerprint density at radius 3 is 2.93 bits per heavy atom. The van der Waals surface area contributed by atoms with Crippen LogP contribution in [0.2, 0.25) is 0 Å². The molecule has 7 nitrogen and oxygen atoms in total. The number of sulfonamides is 1. The largest absolute Gasteiger partial charge is 0.373 e. The number of morpholine rings is 1. The fourth-order valence-corrected chi connectivity index (χ4v) is 6.31. The van der Waals surface area contributed by atoms with Crippen LogP contribution in [0.25, 0.3) is 10.2 Å². The Bertz CT molecular complexity index is 1130. The van der Waals surface area contributed by atoms with E-state index in [-0.39, 0.29) is 12.1 Å². The summed E-state index contributed by atoms with van der Waals surface area (Å²) in [5, 5.41) is 0. The molecule has 3 aromatic rings. The van der Waals surface area contributed by atoms with E-state index in [9.17, 15) is 8.42 Å². The number of aromatic nitrogens is 2. The van der Waals surface area contributed by atoms with Gasteiger partial charge in [-0.15, -0.1) is 11.3 Å². The molecule has 0 N–H and O–H groups in total. The zero-order valence-electron chi connectivity index (χ0n) is 15.4. The maximum atomic E-state index is 13.3. The van der Waals surface area contributed by atoms with Crippen LogP contribution in [0.3, 0.4) is 0 Å². The topological polar surface area (TPSA) is 75.6 Å². The van der Waals surface area contributed by atoms with Crippen molar-refractivity contribution in [1.82, 2.24) is 14.3 Å². The zero-order chi connectivity index (χ0) is 19.3. The molecule has 0 unspecified atom stereocenters. The number of rotatable bonds is 3. The molecular formula is C19H20N4O3S2. The highest BCUT2D eigenvalue weighted by Gasteiger charge is 2.44. The lowest BCUT2D eigenvalue weighted by Crippen LogP contribution is -2.51. The van der Waals surface area contributed by atoms with Gasteiger partial charge in [0.1, 0.15) is 0 Å². The van der Waals surface area contributed by atoms with Gasteiger partial charge in [0.2, 0.25) is 10.0 Å². The van der Waals surface area contributed by atoms with E-state index in [1.165, 1.54) is 11.3 Å². The minimum absolute atomic E-state index is 0.00235. The second kappa shape index (κ2) is 6.77. The Kier molecular flexibility index (Phi) is 4.35. The number of anilines is 1. The number of thiazole rings is 1. The van der Waals surface area contributed by atoms with Crippen LogP contribution >= 0.6 is 11.3 Å². The van der Waals surface area contributed by atoms with Crippen LogP contribution in [0.4, 0.5) is 5.69 Å². The molecule has 2 aliphatic rings. The van der Waals surface area contributed by atoms with Crippen LogP contribution in [0.1, 0.15) is 5.69 Å². The average Bonchev–Trinajstić information content (AvgIpc) is 3.34. The molecule has 2 aromatic heterocycles. The Hall–Kier alpha value is -2.07. The van der Waals surface area contributed by atoms with Gasteiger partial charge in [0, 0.05) is 37.2 Å². The van der Waals surface area contributed by atoms with Gasteiger partial charge in [0.05, 0.1) is 39.4 Å². The van der Waals surface area contributed by atoms with Crippen molar-refractivity contribution in [3.05, 3.63) is 47.7 Å². The maximum absolute atomic E-state index is 13.3. The number of fused-ring (bicyclic) bond motifs is 2. The summed E-state index contributed by atoms with van der Waals surface area (Å²) < 4.78 is 34.9. The molecule has 0 radical (unpaired) electrons. The lowest BCUT2D eigenvalue weighted by atomic mass is 10.1. The minimum Gasteiger partial charge on any atom is -0.373 e. The standard InChI is InChI=1S/C19H20N4O3S2/c1-13-8-14(4-5-20-13)23-6-7-26-18-11-22(10-17(18)23)28(24,25)15-2-3-16-19(9-15)27-12-21-16/h2-5,8-9,12,17-18H,6-7,10-11H2,1H3/t17-,18-/m0/s1. The van der Waals surface area contributed by atoms with E-state index in [1.54, 1.807) is 34.2 Å². The fraction of sp³-hybridized carbons (Fsp3) is 0.368. The lowest BCUT2D eigenvalue weighted by Gasteiger charge is -2.38. The first-order chi connectivity index (χ1) is 13.5. The molecular weight excluding hydrogens is 396 g/mol. The normalized spacial score (nSPS) is 23.2. The number of pyridine rings is 1. The first-order valence-electron chi connectivity index (χ1n) is 9.17. The number of benzene rings is 1. The second-order valence-corrected chi connectivity index (χ2v) is 9.95. The fourth-order valence-electron chi connectivity index (χ4n) is 4.03. The third-order valence-corrected chi connectivity index (χ3v) is 8.04. The molecule has 5 rings (SSSR count). The van der Waals surface area contributed by atoms with Gasteiger partial charge in [-0.3, -0.25) is 4.98 Å². The van der Waals surface area contributed by atoms with E-state index in [1.807, 2.05) is 19.1 Å². The molecule has 0 spiro atoms. The van der Waals surface area contributed by atoms with Gasteiger partial charge >= 0.3 is 0 Å². The Morgan fingerprint density at radius 2 is 2.07 bits per heavy atom. The van der Waals surface area contributed by atoms with E-state index < -0.39 is 10.0 Å². The predicted octanol–water partition coefficient (Wildman–Crippen LogP) is 2.28. The maximum Gasteiger partial charge on any atom is 0.243 e. The molecule has 0 amide bonds. The molecule has 1 aromatic carbocycles. The summed E-state index contributed by atoms with van der Waals surface area (Å²) in [6, 6.07) is 9.14. The van der Waals surface area contributed by atoms with Crippen LogP contribution in [-0.2, 0) is 14.8 Å². The van der Waals surface area contributed by atoms with E-state index in [4.69, 9.17) is 4.74 Å². The molecule has 2 fully saturated rings. The first-order valence-corrected chi connectivity index (χ1v) is 11.5. The number of nitrogens with zero attached hydrogens (tertiary/aromatic N) is 4. The van der Waals surface area contributed by atoms with E-state index >= 15 is 0 Å². The summed E-state index contributed by atoms with van der Waals surface area (Å²) in [6.45, 7) is 4.07. The van der Waals surface area contributed by atoms with Gasteiger partial charge in [-0.1, -0.05) is 0 Å². The molecule has 0 bridgehead atoms. The minimum atomic E-state index is -3.59. The smallest absolute Gasteiger partial charge is 0.243 e. The highest BCUT2D eigenvalue weighted by molar-refractivity contribution is 7.89. The molecule has 0 aliphatic carbocycles. The Morgan fingerprint density at radius 1 is 1.18 bits per heavy atom. The van der Waals surface area contributed by atoms with Crippen LogP contribution < -0.4 is 4.90 Å². The molecule has 28 heavy (non-hydrogen) atoms. The third kappa shape index (κ3) is 2.98. The summed E-state index contributed by atoms with van der Waals surface area (Å²) >= 11 is 1.45. The van der Waals surface area contributed by atoms with Gasteiger partial charge in [-0.25, -0.2) is 13.4 Å². The van der Waals surface area contributed by atoms with Crippen molar-refractivity contribution in [2.45, 2.75) is 24.0 Å². The van der Waals surface area contributed by atoms with Crippen molar-refractivity contribution in [3.8, 4) is 0 Å². The van der Waals surface area contributed by atoms with E-state index in [2.05, 4.69) is 14.9 Å². The van der Waals surface area contributed by atoms with Gasteiger partial charge in [0.15, 0.2) is 0 Å². The predicted molar refractivity (Wildman–Crippen MR) is 108 cm³/mol. The number of hydrogen-bond acceptors (Lipinski definition) is 7. The van der Waals surface area contributed by atoms with E-state index in [0.717, 1.165) is 28.1 Å². The second-order valence-electron chi connectivity index (χ2n) is 7.13. The molecule has 0 saturated carbocycles. The Labute approximate surface area is 167 Å². The van der Waals surface area contributed by atoms with Crippen LogP contribution in [0.15, 0.2) is 46.9 Å². The van der Waals surface area contributed by atoms with Crippen LogP contribution in [0.5, 0.6) is 0 Å². The van der Waals surface area contributed by atoms with Gasteiger partial charge in [-0.2, -0.15) is 4.31 Å². The molecule has 2 saturated heterocycles. The van der Waals surface area contributed by atoms with Crippen molar-refractivity contribution in [1.29, 1.82) is 0 Å². The van der Waals surface area contributed by atoms with Crippen molar-refractivity contribution >= 4 is 37.3 Å². The average molecular weight is 417 g/mol. The van der Waals surface area contributed by atoms with E-state index in [0.29, 0.717) is 24.6 Å².